The van der Waals surface area contributed by atoms with E-state index in [1.54, 1.807) is 11.1 Å². The number of carbonyl (C=O) groups is 1. The van der Waals surface area contributed by atoms with Crippen molar-refractivity contribution in [2.45, 2.75) is 94.2 Å². The number of rotatable bonds is 10. The zero-order valence-electron chi connectivity index (χ0n) is 24.8. The Kier molecular flexibility index (Phi) is 9.24. The Hall–Kier alpha value is -3.37. The molecule has 1 saturated heterocycles. The highest BCUT2D eigenvalue weighted by molar-refractivity contribution is 5.82. The molecule has 2 aliphatic carbocycles. The average Bonchev–Trinajstić information content (AvgIpc) is 3.53. The Bertz CT molecular complexity index is 1480. The van der Waals surface area contributed by atoms with Crippen molar-refractivity contribution in [3.8, 4) is 11.3 Å². The molecule has 3 heterocycles. The summed E-state index contributed by atoms with van der Waals surface area (Å²) in [5, 5.41) is 44.9. The van der Waals surface area contributed by atoms with Gasteiger partial charge in [-0.1, -0.05) is 18.1 Å². The zero-order chi connectivity index (χ0) is 31.8. The van der Waals surface area contributed by atoms with E-state index >= 15 is 0 Å². The Labute approximate surface area is 257 Å². The number of nitrogens with zero attached hydrogens (tertiary/aromatic N) is 6. The minimum absolute atomic E-state index is 0.0272. The van der Waals surface area contributed by atoms with E-state index in [4.69, 9.17) is 9.47 Å². The molecule has 7 atom stereocenters. The van der Waals surface area contributed by atoms with Gasteiger partial charge in [0.1, 0.15) is 30.0 Å². The molecule has 12 nitrogen and oxygen atoms in total. The van der Waals surface area contributed by atoms with E-state index in [9.17, 15) is 33.3 Å². The summed E-state index contributed by atoms with van der Waals surface area (Å²) in [5.41, 5.74) is 0.674. The molecule has 0 spiro atoms. The molecule has 6 rings (SSSR count). The number of hydrogen-bond donors (Lipinski definition) is 3. The summed E-state index contributed by atoms with van der Waals surface area (Å²) in [6, 6.07) is 1.73. The van der Waals surface area contributed by atoms with Gasteiger partial charge in [-0.25, -0.2) is 17.9 Å². The molecule has 3 aliphatic rings. The summed E-state index contributed by atoms with van der Waals surface area (Å²) >= 11 is 0. The second-order valence-corrected chi connectivity index (χ2v) is 12.1. The van der Waals surface area contributed by atoms with Gasteiger partial charge >= 0.3 is 0 Å². The first-order chi connectivity index (χ1) is 21.7. The van der Waals surface area contributed by atoms with Crippen molar-refractivity contribution >= 4 is 5.91 Å². The lowest BCUT2D eigenvalue weighted by atomic mass is 9.88. The van der Waals surface area contributed by atoms with E-state index in [2.05, 4.69) is 15.4 Å². The molecule has 0 unspecified atom stereocenters. The smallest absolute Gasteiger partial charge is 0.255 e. The van der Waals surface area contributed by atoms with Gasteiger partial charge in [0.05, 0.1) is 37.2 Å². The summed E-state index contributed by atoms with van der Waals surface area (Å²) < 4.78 is 56.3. The largest absolute Gasteiger partial charge is 0.394 e. The highest BCUT2D eigenvalue weighted by atomic mass is 19.2. The fourth-order valence-corrected chi connectivity index (χ4v) is 6.47. The predicted molar refractivity (Wildman–Crippen MR) is 151 cm³/mol. The molecule has 2 aromatic heterocycles. The average molecular weight is 635 g/mol. The first-order valence-electron chi connectivity index (χ1n) is 15.2. The van der Waals surface area contributed by atoms with Gasteiger partial charge in [-0.2, -0.15) is 5.10 Å². The van der Waals surface area contributed by atoms with Crippen LogP contribution in [-0.4, -0.2) is 101 Å². The van der Waals surface area contributed by atoms with E-state index in [-0.39, 0.29) is 17.8 Å². The van der Waals surface area contributed by atoms with E-state index in [1.807, 2.05) is 10.7 Å². The van der Waals surface area contributed by atoms with Crippen molar-refractivity contribution in [3.05, 3.63) is 53.7 Å². The molecule has 3 fully saturated rings. The molecule has 2 saturated carbocycles. The van der Waals surface area contributed by atoms with Crippen LogP contribution in [0.5, 0.6) is 0 Å². The highest BCUT2D eigenvalue weighted by Crippen LogP contribution is 2.36. The second kappa shape index (κ2) is 13.2. The van der Waals surface area contributed by atoms with Crippen LogP contribution in [0.4, 0.5) is 13.2 Å². The van der Waals surface area contributed by atoms with Crippen molar-refractivity contribution in [1.29, 1.82) is 0 Å². The number of methoxy groups -OCH3 is 1. The molecule has 1 aliphatic heterocycles. The SMILES string of the molecule is CO[C@@H]1[C@@H](n2cc(-c3cc(F)c(F)c(F)c3)nn2)[C@@H](O)[C@@H](CO)O[C@H]1C(=O)N(Cc1ccnn1CC1CC1)[C@H]1CCCC[C@@H]1O. The summed E-state index contributed by atoms with van der Waals surface area (Å²) in [6.07, 6.45) is 2.01. The maximum absolute atomic E-state index is 14.5. The van der Waals surface area contributed by atoms with Gasteiger partial charge < -0.3 is 29.7 Å². The van der Waals surface area contributed by atoms with Crippen LogP contribution in [0.3, 0.4) is 0 Å². The number of aliphatic hydroxyl groups excluding tert-OH is 3. The van der Waals surface area contributed by atoms with E-state index in [0.29, 0.717) is 18.8 Å². The minimum Gasteiger partial charge on any atom is -0.394 e. The van der Waals surface area contributed by atoms with Gasteiger partial charge in [-0.3, -0.25) is 9.48 Å². The summed E-state index contributed by atoms with van der Waals surface area (Å²) in [4.78, 5) is 16.1. The molecule has 0 radical (unpaired) electrons. The van der Waals surface area contributed by atoms with Crippen molar-refractivity contribution in [3.63, 3.8) is 0 Å². The lowest BCUT2D eigenvalue weighted by Crippen LogP contribution is -2.62. The molecule has 1 amide bonds. The molecular formula is C30H37F3N6O6. The number of benzene rings is 1. The Morgan fingerprint density at radius 2 is 1.87 bits per heavy atom. The maximum Gasteiger partial charge on any atom is 0.255 e. The third-order valence-electron chi connectivity index (χ3n) is 9.12. The van der Waals surface area contributed by atoms with Crippen LogP contribution >= 0.6 is 0 Å². The normalized spacial score (nSPS) is 28.7. The van der Waals surface area contributed by atoms with Crippen LogP contribution < -0.4 is 0 Å². The third-order valence-corrected chi connectivity index (χ3v) is 9.12. The number of hydrogen-bond acceptors (Lipinski definition) is 9. The van der Waals surface area contributed by atoms with Gasteiger partial charge in [-0.05, 0) is 49.8 Å². The van der Waals surface area contributed by atoms with Gasteiger partial charge in [-0.15, -0.1) is 5.10 Å². The van der Waals surface area contributed by atoms with Crippen LogP contribution in [0.1, 0.15) is 50.3 Å². The van der Waals surface area contributed by atoms with Crippen molar-refractivity contribution < 1.29 is 42.8 Å². The van der Waals surface area contributed by atoms with Crippen molar-refractivity contribution in [1.82, 2.24) is 29.7 Å². The number of amides is 1. The van der Waals surface area contributed by atoms with Crippen LogP contribution in [0.15, 0.2) is 30.6 Å². The van der Waals surface area contributed by atoms with E-state index < -0.39 is 72.6 Å². The zero-order valence-corrected chi connectivity index (χ0v) is 24.8. The van der Waals surface area contributed by atoms with Gasteiger partial charge in [0.2, 0.25) is 0 Å². The standard InChI is InChI=1S/C30H37F3N6O6/c1-44-28-26(39-14-21(35-36-39)17-10-19(31)25(33)20(32)11-17)27(42)24(15-40)45-29(28)30(43)37(22-4-2-3-5-23(22)41)13-18-8-9-34-38(18)12-16-6-7-16/h8-11,14,16,22-24,26-29,40-42H,2-7,12-13,15H2,1H3/t22-,23-,24+,26-,27-,28+,29+/m0/s1. The Morgan fingerprint density at radius 1 is 1.13 bits per heavy atom. The minimum atomic E-state index is -1.62. The lowest BCUT2D eigenvalue weighted by Gasteiger charge is -2.46. The number of ether oxygens (including phenoxy) is 2. The summed E-state index contributed by atoms with van der Waals surface area (Å²) in [5.74, 6) is -4.41. The molecule has 3 aromatic rings. The van der Waals surface area contributed by atoms with Gasteiger partial charge in [0.15, 0.2) is 23.6 Å². The van der Waals surface area contributed by atoms with Gasteiger partial charge in [0, 0.05) is 25.4 Å². The molecule has 0 bridgehead atoms. The molecule has 244 valence electrons. The van der Waals surface area contributed by atoms with Crippen molar-refractivity contribution in [2.75, 3.05) is 13.7 Å². The fourth-order valence-electron chi connectivity index (χ4n) is 6.47. The first-order valence-corrected chi connectivity index (χ1v) is 15.2. The number of halogens is 3. The Balaban J connectivity index is 1.33. The molecular weight excluding hydrogens is 597 g/mol. The van der Waals surface area contributed by atoms with E-state index in [1.165, 1.54) is 18.0 Å². The predicted octanol–water partition coefficient (Wildman–Crippen LogP) is 1.98. The maximum atomic E-state index is 14.5. The second-order valence-electron chi connectivity index (χ2n) is 12.1. The fraction of sp³-hybridized carbons (Fsp3) is 0.600. The lowest BCUT2D eigenvalue weighted by molar-refractivity contribution is -0.219. The number of aliphatic hydroxyl groups is 3. The monoisotopic (exact) mass is 634 g/mol. The Morgan fingerprint density at radius 3 is 2.53 bits per heavy atom. The van der Waals surface area contributed by atoms with Crippen LogP contribution in [0, 0.1) is 23.4 Å². The topological polar surface area (TPSA) is 148 Å². The molecule has 45 heavy (non-hydrogen) atoms. The quantitative estimate of drug-likeness (QED) is 0.285. The van der Waals surface area contributed by atoms with Crippen LogP contribution in [-0.2, 0) is 27.4 Å². The van der Waals surface area contributed by atoms with Crippen molar-refractivity contribution in [2.24, 2.45) is 5.92 Å². The van der Waals surface area contributed by atoms with Crippen LogP contribution in [0.25, 0.3) is 11.3 Å². The number of carbonyl (C=O) groups excluding carboxylic acids is 1. The summed E-state index contributed by atoms with van der Waals surface area (Å²) in [7, 11) is 1.33. The van der Waals surface area contributed by atoms with Crippen LogP contribution in [0.2, 0.25) is 0 Å². The molecule has 1 aromatic carbocycles. The molecule has 3 N–H and O–H groups in total. The summed E-state index contributed by atoms with van der Waals surface area (Å²) in [6.45, 7) is 0.235. The third kappa shape index (κ3) is 6.36. The van der Waals surface area contributed by atoms with Gasteiger partial charge in [0.25, 0.3) is 5.91 Å². The first kappa shape index (κ1) is 31.6. The highest BCUT2D eigenvalue weighted by Gasteiger charge is 2.52. The van der Waals surface area contributed by atoms with E-state index in [0.717, 1.165) is 50.1 Å². The number of aromatic nitrogens is 5. The molecule has 15 heteroatoms.